The molecule has 0 saturated heterocycles. The highest BCUT2D eigenvalue weighted by Gasteiger charge is 2.28. The van der Waals surface area contributed by atoms with Gasteiger partial charge < -0.3 is 20.5 Å². The van der Waals surface area contributed by atoms with Gasteiger partial charge in [-0.05, 0) is 12.8 Å². The van der Waals surface area contributed by atoms with Crippen molar-refractivity contribution in [1.29, 1.82) is 0 Å². The minimum Gasteiger partial charge on any atom is -0.491 e. The van der Waals surface area contributed by atoms with Crippen LogP contribution in [0.4, 0.5) is 19.3 Å². The highest BCUT2D eigenvalue weighted by atomic mass is 19.1. The summed E-state index contributed by atoms with van der Waals surface area (Å²) in [6.45, 7) is 0.111. The molecule has 5 nitrogen and oxygen atoms in total. The molecule has 0 spiro atoms. The lowest BCUT2D eigenvalue weighted by atomic mass is 9.95. The largest absolute Gasteiger partial charge is 0.491 e. The zero-order valence-electron chi connectivity index (χ0n) is 13.1. The van der Waals surface area contributed by atoms with Gasteiger partial charge in [-0.2, -0.15) is 0 Å². The maximum Gasteiger partial charge on any atom is 0.319 e. The molecule has 7 heteroatoms. The van der Waals surface area contributed by atoms with E-state index in [1.807, 2.05) is 0 Å². The quantitative estimate of drug-likeness (QED) is 0.744. The summed E-state index contributed by atoms with van der Waals surface area (Å²) in [5, 5.41) is 15.4. The van der Waals surface area contributed by atoms with E-state index in [0.29, 0.717) is 12.8 Å². The molecule has 1 fully saturated rings. The van der Waals surface area contributed by atoms with Gasteiger partial charge in [0, 0.05) is 24.4 Å². The van der Waals surface area contributed by atoms with Crippen LogP contribution in [0.1, 0.15) is 38.5 Å². The molecule has 23 heavy (non-hydrogen) atoms. The molecule has 1 aliphatic rings. The molecule has 0 atom stereocenters. The van der Waals surface area contributed by atoms with Gasteiger partial charge >= 0.3 is 6.03 Å². The molecule has 0 unspecified atom stereocenters. The molecule has 3 N–H and O–H groups in total. The van der Waals surface area contributed by atoms with Crippen LogP contribution in [-0.4, -0.2) is 30.4 Å². The van der Waals surface area contributed by atoms with Crippen molar-refractivity contribution >= 4 is 11.7 Å². The average Bonchev–Trinajstić information content (AvgIpc) is 2.70. The monoisotopic (exact) mass is 328 g/mol. The molecule has 1 saturated carbocycles. The summed E-state index contributed by atoms with van der Waals surface area (Å²) in [7, 11) is 1.16. The zero-order valence-corrected chi connectivity index (χ0v) is 13.1. The van der Waals surface area contributed by atoms with Crippen LogP contribution >= 0.6 is 0 Å². The summed E-state index contributed by atoms with van der Waals surface area (Å²) < 4.78 is 31.7. The van der Waals surface area contributed by atoms with Crippen LogP contribution in [0.5, 0.6) is 5.75 Å². The molecule has 1 aromatic carbocycles. The summed E-state index contributed by atoms with van der Waals surface area (Å²) in [6.07, 6.45) is 5.29. The smallest absolute Gasteiger partial charge is 0.319 e. The van der Waals surface area contributed by atoms with Crippen molar-refractivity contribution in [2.24, 2.45) is 0 Å². The van der Waals surface area contributed by atoms with E-state index in [9.17, 15) is 18.7 Å². The number of carbonyl (C=O) groups is 1. The number of urea groups is 1. The van der Waals surface area contributed by atoms with E-state index in [0.717, 1.165) is 44.9 Å². The Labute approximate surface area is 134 Å². The second-order valence-electron chi connectivity index (χ2n) is 5.92. The number of ether oxygens (including phenoxy) is 1. The number of methoxy groups -OCH3 is 1. The maximum absolute atomic E-state index is 13.6. The number of aliphatic hydroxyl groups is 1. The number of hydrogen-bond donors (Lipinski definition) is 3. The number of rotatable bonds is 4. The topological polar surface area (TPSA) is 70.6 Å². The van der Waals surface area contributed by atoms with E-state index in [-0.39, 0.29) is 12.2 Å². The predicted octanol–water partition coefficient (Wildman–Crippen LogP) is 3.18. The number of anilines is 1. The molecule has 2 amide bonds. The lowest BCUT2D eigenvalue weighted by Gasteiger charge is -2.26. The fourth-order valence-corrected chi connectivity index (χ4v) is 2.81. The van der Waals surface area contributed by atoms with E-state index < -0.39 is 29.0 Å². The van der Waals surface area contributed by atoms with Crippen LogP contribution < -0.4 is 15.4 Å². The first kappa shape index (κ1) is 17.5. The Balaban J connectivity index is 1.92. The van der Waals surface area contributed by atoms with Crippen molar-refractivity contribution < 1.29 is 23.4 Å². The van der Waals surface area contributed by atoms with Gasteiger partial charge in [-0.3, -0.25) is 0 Å². The van der Waals surface area contributed by atoms with E-state index in [1.54, 1.807) is 0 Å². The van der Waals surface area contributed by atoms with Crippen LogP contribution in [0, 0.1) is 11.6 Å². The molecule has 0 radical (unpaired) electrons. The van der Waals surface area contributed by atoms with Gasteiger partial charge in [0.05, 0.1) is 12.7 Å². The van der Waals surface area contributed by atoms with E-state index in [4.69, 9.17) is 0 Å². The average molecular weight is 328 g/mol. The minimum absolute atomic E-state index is 0.0221. The van der Waals surface area contributed by atoms with Gasteiger partial charge in [0.15, 0.2) is 17.4 Å². The third-order valence-electron chi connectivity index (χ3n) is 4.07. The first-order chi connectivity index (χ1) is 10.9. The molecule has 0 bridgehead atoms. The van der Waals surface area contributed by atoms with Crippen LogP contribution in [0.25, 0.3) is 0 Å². The second-order valence-corrected chi connectivity index (χ2v) is 5.92. The van der Waals surface area contributed by atoms with Crippen LogP contribution in [-0.2, 0) is 0 Å². The van der Waals surface area contributed by atoms with Crippen molar-refractivity contribution in [2.45, 2.75) is 44.1 Å². The summed E-state index contributed by atoms with van der Waals surface area (Å²) >= 11 is 0. The third-order valence-corrected chi connectivity index (χ3v) is 4.07. The van der Waals surface area contributed by atoms with E-state index in [2.05, 4.69) is 15.4 Å². The fraction of sp³-hybridized carbons (Fsp3) is 0.562. The number of hydrogen-bond acceptors (Lipinski definition) is 3. The Morgan fingerprint density at radius 1 is 1.22 bits per heavy atom. The molecule has 2 rings (SSSR count). The van der Waals surface area contributed by atoms with Gasteiger partial charge in [0.25, 0.3) is 0 Å². The lowest BCUT2D eigenvalue weighted by Crippen LogP contribution is -2.44. The van der Waals surface area contributed by atoms with Crippen LogP contribution in [0.15, 0.2) is 12.1 Å². The Bertz CT molecular complexity index is 535. The normalized spacial score (nSPS) is 17.2. The highest BCUT2D eigenvalue weighted by molar-refractivity contribution is 5.89. The van der Waals surface area contributed by atoms with Crippen molar-refractivity contribution in [1.82, 2.24) is 5.32 Å². The number of halogens is 2. The Hall–Kier alpha value is -1.89. The van der Waals surface area contributed by atoms with Gasteiger partial charge in [0.2, 0.25) is 0 Å². The van der Waals surface area contributed by atoms with Crippen molar-refractivity contribution in [2.75, 3.05) is 19.0 Å². The Morgan fingerprint density at radius 2 is 1.78 bits per heavy atom. The van der Waals surface area contributed by atoms with Gasteiger partial charge in [-0.25, -0.2) is 13.6 Å². The van der Waals surface area contributed by atoms with Crippen molar-refractivity contribution in [3.8, 4) is 5.75 Å². The van der Waals surface area contributed by atoms with Gasteiger partial charge in [-0.15, -0.1) is 0 Å². The molecular weight excluding hydrogens is 306 g/mol. The van der Waals surface area contributed by atoms with E-state index in [1.165, 1.54) is 0 Å². The first-order valence-corrected chi connectivity index (χ1v) is 7.74. The van der Waals surface area contributed by atoms with Crippen LogP contribution in [0.2, 0.25) is 0 Å². The summed E-state index contributed by atoms with van der Waals surface area (Å²) in [5.74, 6) is -2.29. The first-order valence-electron chi connectivity index (χ1n) is 7.74. The Kier molecular flexibility index (Phi) is 5.76. The van der Waals surface area contributed by atoms with Crippen LogP contribution in [0.3, 0.4) is 0 Å². The van der Waals surface area contributed by atoms with Gasteiger partial charge in [-0.1, -0.05) is 25.7 Å². The lowest BCUT2D eigenvalue weighted by molar-refractivity contribution is 0.0281. The molecular formula is C16H22F2N2O3. The highest BCUT2D eigenvalue weighted by Crippen LogP contribution is 2.27. The number of amides is 2. The molecule has 128 valence electrons. The zero-order chi connectivity index (χ0) is 16.9. The molecule has 0 aromatic heterocycles. The number of benzene rings is 1. The summed E-state index contributed by atoms with van der Waals surface area (Å²) in [5.41, 5.74) is -0.935. The maximum atomic E-state index is 13.6. The molecule has 1 aromatic rings. The third kappa shape index (κ3) is 4.79. The van der Waals surface area contributed by atoms with E-state index >= 15 is 0 Å². The SMILES string of the molecule is COc1c(F)cc(NC(=O)NCC2(O)CCCCCC2)cc1F. The molecule has 0 heterocycles. The number of nitrogens with one attached hydrogen (secondary N) is 2. The number of carbonyl (C=O) groups excluding carboxylic acids is 1. The predicted molar refractivity (Wildman–Crippen MR) is 82.6 cm³/mol. The summed E-state index contributed by atoms with van der Waals surface area (Å²) in [6, 6.07) is 1.33. The van der Waals surface area contributed by atoms with Crippen molar-refractivity contribution in [3.63, 3.8) is 0 Å². The minimum atomic E-state index is -0.912. The van der Waals surface area contributed by atoms with Crippen molar-refractivity contribution in [3.05, 3.63) is 23.8 Å². The summed E-state index contributed by atoms with van der Waals surface area (Å²) in [4.78, 5) is 11.9. The second kappa shape index (κ2) is 7.59. The Morgan fingerprint density at radius 3 is 2.30 bits per heavy atom. The molecule has 1 aliphatic carbocycles. The fourth-order valence-electron chi connectivity index (χ4n) is 2.81. The molecule has 0 aliphatic heterocycles. The standard InChI is InChI=1S/C16H22F2N2O3/c1-23-14-12(17)8-11(9-13(14)18)20-15(21)19-10-16(22)6-4-2-3-5-7-16/h8-9,22H,2-7,10H2,1H3,(H2,19,20,21). The van der Waals surface area contributed by atoms with Gasteiger partial charge in [0.1, 0.15) is 0 Å².